The molecule has 1 atom stereocenters. The van der Waals surface area contributed by atoms with E-state index >= 15 is 0 Å². The minimum atomic E-state index is -0.819. The van der Waals surface area contributed by atoms with Crippen molar-refractivity contribution in [3.8, 4) is 0 Å². The van der Waals surface area contributed by atoms with Crippen molar-refractivity contribution in [3.63, 3.8) is 0 Å². The summed E-state index contributed by atoms with van der Waals surface area (Å²) in [5.41, 5.74) is 0.751. The third-order valence-corrected chi connectivity index (χ3v) is 4.45. The van der Waals surface area contributed by atoms with Crippen molar-refractivity contribution in [2.75, 3.05) is 13.1 Å². The van der Waals surface area contributed by atoms with Crippen LogP contribution in [0.3, 0.4) is 0 Å². The Bertz CT molecular complexity index is 484. The lowest BCUT2D eigenvalue weighted by Gasteiger charge is -2.14. The Morgan fingerprint density at radius 2 is 2.28 bits per heavy atom. The minimum absolute atomic E-state index is 0.0755. The van der Waals surface area contributed by atoms with Crippen LogP contribution in [0, 0.1) is 12.8 Å². The van der Waals surface area contributed by atoms with E-state index in [9.17, 15) is 9.59 Å². The Kier molecular flexibility index (Phi) is 3.65. The third kappa shape index (κ3) is 2.38. The first-order valence-corrected chi connectivity index (χ1v) is 6.83. The number of hydrogen-bond acceptors (Lipinski definition) is 4. The lowest BCUT2D eigenvalue weighted by atomic mass is 10.1. The molecule has 1 saturated heterocycles. The standard InChI is InChI=1S/C12H16N2O3S/c1-3-9-13-7(2)10(18-9)11(15)14-5-4-8(6-14)12(16)17/h8H,3-6H2,1-2H3,(H,16,17). The summed E-state index contributed by atoms with van der Waals surface area (Å²) in [6.45, 7) is 4.66. The molecule has 2 heterocycles. The fourth-order valence-electron chi connectivity index (χ4n) is 2.09. The van der Waals surface area contributed by atoms with Gasteiger partial charge in [-0.3, -0.25) is 9.59 Å². The average molecular weight is 268 g/mol. The van der Waals surface area contributed by atoms with E-state index in [1.54, 1.807) is 4.90 Å². The van der Waals surface area contributed by atoms with Gasteiger partial charge in [0.05, 0.1) is 16.6 Å². The Morgan fingerprint density at radius 1 is 1.56 bits per heavy atom. The summed E-state index contributed by atoms with van der Waals surface area (Å²) in [5.74, 6) is -1.32. The molecule has 5 nitrogen and oxygen atoms in total. The Morgan fingerprint density at radius 3 is 2.78 bits per heavy atom. The van der Waals surface area contributed by atoms with E-state index in [1.807, 2.05) is 13.8 Å². The number of aliphatic carboxylic acids is 1. The van der Waals surface area contributed by atoms with Gasteiger partial charge in [0.25, 0.3) is 5.91 Å². The largest absolute Gasteiger partial charge is 0.481 e. The molecule has 1 amide bonds. The minimum Gasteiger partial charge on any atom is -0.481 e. The van der Waals surface area contributed by atoms with Gasteiger partial charge >= 0.3 is 5.97 Å². The number of aromatic nitrogens is 1. The monoisotopic (exact) mass is 268 g/mol. The number of amides is 1. The predicted octanol–water partition coefficient (Wildman–Crippen LogP) is 1.56. The lowest BCUT2D eigenvalue weighted by Crippen LogP contribution is -2.29. The van der Waals surface area contributed by atoms with Crippen LogP contribution in [0.4, 0.5) is 0 Å². The van der Waals surface area contributed by atoms with E-state index < -0.39 is 11.9 Å². The SMILES string of the molecule is CCc1nc(C)c(C(=O)N2CCC(C(=O)O)C2)s1. The molecule has 18 heavy (non-hydrogen) atoms. The van der Waals surface area contributed by atoms with E-state index in [-0.39, 0.29) is 5.91 Å². The zero-order chi connectivity index (χ0) is 13.3. The quantitative estimate of drug-likeness (QED) is 0.903. The molecule has 0 spiro atoms. The van der Waals surface area contributed by atoms with Gasteiger partial charge < -0.3 is 10.0 Å². The molecule has 1 aromatic rings. The summed E-state index contributed by atoms with van der Waals surface area (Å²) in [6.07, 6.45) is 1.36. The van der Waals surface area contributed by atoms with Crippen LogP contribution < -0.4 is 0 Å². The van der Waals surface area contributed by atoms with E-state index in [2.05, 4.69) is 4.98 Å². The summed E-state index contributed by atoms with van der Waals surface area (Å²) in [7, 11) is 0. The van der Waals surface area contributed by atoms with Crippen molar-refractivity contribution in [3.05, 3.63) is 15.6 Å². The molecule has 6 heteroatoms. The molecule has 1 unspecified atom stereocenters. The third-order valence-electron chi connectivity index (χ3n) is 3.16. The number of likely N-dealkylation sites (tertiary alicyclic amines) is 1. The average Bonchev–Trinajstić information content (AvgIpc) is 2.94. The number of carboxylic acid groups (broad SMARTS) is 1. The summed E-state index contributed by atoms with van der Waals surface area (Å²) in [5, 5.41) is 9.88. The van der Waals surface area contributed by atoms with E-state index in [1.165, 1.54) is 11.3 Å². The number of thiazole rings is 1. The molecule has 1 aliphatic heterocycles. The highest BCUT2D eigenvalue weighted by molar-refractivity contribution is 7.13. The predicted molar refractivity (Wildman–Crippen MR) is 67.9 cm³/mol. The number of hydrogen-bond donors (Lipinski definition) is 1. The van der Waals surface area contributed by atoms with Crippen molar-refractivity contribution < 1.29 is 14.7 Å². The van der Waals surface area contributed by atoms with Crippen LogP contribution in [0.15, 0.2) is 0 Å². The van der Waals surface area contributed by atoms with Gasteiger partial charge in [0.15, 0.2) is 0 Å². The molecule has 1 aliphatic rings. The number of nitrogens with zero attached hydrogens (tertiary/aromatic N) is 2. The van der Waals surface area contributed by atoms with E-state index in [0.29, 0.717) is 24.4 Å². The second-order valence-corrected chi connectivity index (χ2v) is 5.53. The molecule has 0 radical (unpaired) electrons. The van der Waals surface area contributed by atoms with Crippen LogP contribution in [0.1, 0.15) is 33.7 Å². The van der Waals surface area contributed by atoms with Gasteiger partial charge in [-0.15, -0.1) is 11.3 Å². The molecule has 1 fully saturated rings. The molecule has 0 saturated carbocycles. The summed E-state index contributed by atoms with van der Waals surface area (Å²) in [4.78, 5) is 29.7. The van der Waals surface area contributed by atoms with Crippen molar-refractivity contribution in [2.24, 2.45) is 5.92 Å². The fraction of sp³-hybridized carbons (Fsp3) is 0.583. The molecule has 0 aliphatic carbocycles. The zero-order valence-corrected chi connectivity index (χ0v) is 11.3. The van der Waals surface area contributed by atoms with Crippen LogP contribution in [0.2, 0.25) is 0 Å². The number of carbonyl (C=O) groups excluding carboxylic acids is 1. The number of rotatable bonds is 3. The van der Waals surface area contributed by atoms with Gasteiger partial charge in [-0.25, -0.2) is 4.98 Å². The number of carboxylic acids is 1. The second-order valence-electron chi connectivity index (χ2n) is 4.45. The highest BCUT2D eigenvalue weighted by Gasteiger charge is 2.32. The van der Waals surface area contributed by atoms with Crippen LogP contribution >= 0.6 is 11.3 Å². The van der Waals surface area contributed by atoms with Crippen molar-refractivity contribution in [2.45, 2.75) is 26.7 Å². The molecular weight excluding hydrogens is 252 g/mol. The summed E-state index contributed by atoms with van der Waals surface area (Å²) in [6, 6.07) is 0. The lowest BCUT2D eigenvalue weighted by molar-refractivity contribution is -0.141. The molecule has 1 aromatic heterocycles. The molecule has 0 bridgehead atoms. The van der Waals surface area contributed by atoms with Crippen LogP contribution in [0.25, 0.3) is 0 Å². The van der Waals surface area contributed by atoms with E-state index in [0.717, 1.165) is 17.1 Å². The van der Waals surface area contributed by atoms with E-state index in [4.69, 9.17) is 5.11 Å². The zero-order valence-electron chi connectivity index (χ0n) is 10.5. The number of aryl methyl sites for hydroxylation is 2. The maximum Gasteiger partial charge on any atom is 0.308 e. The molecule has 2 rings (SSSR count). The maximum atomic E-state index is 12.3. The van der Waals surface area contributed by atoms with Crippen molar-refractivity contribution in [1.82, 2.24) is 9.88 Å². The van der Waals surface area contributed by atoms with Crippen LogP contribution in [-0.4, -0.2) is 40.0 Å². The van der Waals surface area contributed by atoms with Gasteiger partial charge in [0.1, 0.15) is 4.88 Å². The first-order chi connectivity index (χ1) is 8.52. The first kappa shape index (κ1) is 13.0. The molecule has 1 N–H and O–H groups in total. The molecular formula is C12H16N2O3S. The molecule has 0 aromatic carbocycles. The highest BCUT2D eigenvalue weighted by atomic mass is 32.1. The van der Waals surface area contributed by atoms with Crippen LogP contribution in [0.5, 0.6) is 0 Å². The van der Waals surface area contributed by atoms with Gasteiger partial charge in [-0.1, -0.05) is 6.92 Å². The number of carbonyl (C=O) groups is 2. The van der Waals surface area contributed by atoms with Crippen molar-refractivity contribution >= 4 is 23.2 Å². The van der Waals surface area contributed by atoms with Gasteiger partial charge in [0.2, 0.25) is 0 Å². The Balaban J connectivity index is 2.12. The Hall–Kier alpha value is -1.43. The molecule has 98 valence electrons. The normalized spacial score (nSPS) is 19.2. The van der Waals surface area contributed by atoms with Crippen molar-refractivity contribution in [1.29, 1.82) is 0 Å². The van der Waals surface area contributed by atoms with Crippen LogP contribution in [-0.2, 0) is 11.2 Å². The maximum absolute atomic E-state index is 12.3. The topological polar surface area (TPSA) is 70.5 Å². The van der Waals surface area contributed by atoms with Gasteiger partial charge in [-0.2, -0.15) is 0 Å². The Labute approximate surface area is 109 Å². The first-order valence-electron chi connectivity index (χ1n) is 6.01. The summed E-state index contributed by atoms with van der Waals surface area (Å²) < 4.78 is 0. The van der Waals surface area contributed by atoms with Gasteiger partial charge in [-0.05, 0) is 19.8 Å². The second kappa shape index (κ2) is 5.06. The fourth-order valence-corrected chi connectivity index (χ4v) is 3.06. The smallest absolute Gasteiger partial charge is 0.308 e. The summed E-state index contributed by atoms with van der Waals surface area (Å²) >= 11 is 1.41. The van der Waals surface area contributed by atoms with Gasteiger partial charge in [0, 0.05) is 13.1 Å². The highest BCUT2D eigenvalue weighted by Crippen LogP contribution is 2.24.